The molecule has 2 aromatic rings. The van der Waals surface area contributed by atoms with Gasteiger partial charge in [-0.3, -0.25) is 19.8 Å². The maximum absolute atomic E-state index is 12.7. The molecule has 1 amide bonds. The van der Waals surface area contributed by atoms with Gasteiger partial charge in [-0.2, -0.15) is 17.5 Å². The summed E-state index contributed by atoms with van der Waals surface area (Å²) in [6.45, 7) is 1.18. The van der Waals surface area contributed by atoms with E-state index in [1.165, 1.54) is 4.31 Å². The Morgan fingerprint density at radius 2 is 1.89 bits per heavy atom. The maximum Gasteiger partial charge on any atom is 0.433 e. The minimum atomic E-state index is -4.61. The van der Waals surface area contributed by atoms with Crippen LogP contribution in [-0.2, 0) is 21.0 Å². The van der Waals surface area contributed by atoms with Crippen molar-refractivity contribution in [2.45, 2.75) is 49.2 Å². The van der Waals surface area contributed by atoms with Gasteiger partial charge in [0.2, 0.25) is 15.9 Å². The number of nitrogens with one attached hydrogen (secondary N) is 1. The second-order valence-electron chi connectivity index (χ2n) is 8.69. The molecule has 12 heteroatoms. The largest absolute Gasteiger partial charge is 0.433 e. The molecule has 35 heavy (non-hydrogen) atoms. The highest BCUT2D eigenvalue weighted by Gasteiger charge is 2.34. The fourth-order valence-electron chi connectivity index (χ4n) is 4.30. The second-order valence-corrected chi connectivity index (χ2v) is 10.6. The van der Waals surface area contributed by atoms with Crippen LogP contribution in [0.5, 0.6) is 0 Å². The Hall–Kier alpha value is -2.86. The van der Waals surface area contributed by atoms with Crippen LogP contribution in [0.3, 0.4) is 0 Å². The first-order valence-electron chi connectivity index (χ1n) is 11.5. The molecule has 1 saturated heterocycles. The van der Waals surface area contributed by atoms with E-state index in [1.807, 2.05) is 0 Å². The van der Waals surface area contributed by atoms with Gasteiger partial charge in [0, 0.05) is 43.4 Å². The number of amides is 1. The van der Waals surface area contributed by atoms with E-state index in [9.17, 15) is 26.4 Å². The Morgan fingerprint density at radius 3 is 2.54 bits per heavy atom. The van der Waals surface area contributed by atoms with E-state index in [1.54, 1.807) is 24.5 Å². The molecule has 1 atom stereocenters. The lowest BCUT2D eigenvalue weighted by molar-refractivity contribution is -0.141. The summed E-state index contributed by atoms with van der Waals surface area (Å²) in [4.78, 5) is 23.7. The summed E-state index contributed by atoms with van der Waals surface area (Å²) in [5.74, 6) is 0.223. The van der Waals surface area contributed by atoms with Gasteiger partial charge in [-0.1, -0.05) is 12.8 Å². The van der Waals surface area contributed by atoms with Crippen molar-refractivity contribution in [3.63, 3.8) is 0 Å². The van der Waals surface area contributed by atoms with E-state index in [0.717, 1.165) is 42.1 Å². The first-order valence-corrected chi connectivity index (χ1v) is 12.9. The zero-order valence-electron chi connectivity index (χ0n) is 18.9. The van der Waals surface area contributed by atoms with Crippen molar-refractivity contribution >= 4 is 22.0 Å². The zero-order valence-corrected chi connectivity index (χ0v) is 19.7. The van der Waals surface area contributed by atoms with Crippen LogP contribution in [-0.4, -0.2) is 54.3 Å². The van der Waals surface area contributed by atoms with Crippen molar-refractivity contribution in [1.29, 1.82) is 0 Å². The molecule has 2 aliphatic rings. The quantitative estimate of drug-likeness (QED) is 0.545. The van der Waals surface area contributed by atoms with Gasteiger partial charge in [0.05, 0.1) is 5.36 Å². The molecule has 2 aromatic heterocycles. The average molecular weight is 510 g/mol. The molecule has 0 bridgehead atoms. The van der Waals surface area contributed by atoms with Gasteiger partial charge in [-0.15, -0.1) is 0 Å². The predicted molar refractivity (Wildman–Crippen MR) is 121 cm³/mol. The number of fused-ring (bicyclic) bond motifs is 1. The van der Waals surface area contributed by atoms with Crippen molar-refractivity contribution in [1.82, 2.24) is 19.6 Å². The number of pyridine rings is 2. The van der Waals surface area contributed by atoms with Crippen LogP contribution >= 0.6 is 0 Å². The van der Waals surface area contributed by atoms with Crippen molar-refractivity contribution < 1.29 is 26.4 Å². The summed E-state index contributed by atoms with van der Waals surface area (Å²) >= 11 is 0. The van der Waals surface area contributed by atoms with Crippen LogP contribution in [0.2, 0.25) is 0 Å². The van der Waals surface area contributed by atoms with Gasteiger partial charge in [-0.05, 0) is 49.5 Å². The fourth-order valence-corrected chi connectivity index (χ4v) is 5.71. The molecule has 0 saturated carbocycles. The Kier molecular flexibility index (Phi) is 7.50. The van der Waals surface area contributed by atoms with E-state index in [0.29, 0.717) is 44.5 Å². The predicted octanol–water partition coefficient (Wildman–Crippen LogP) is 1.67. The monoisotopic (exact) mass is 509 g/mol. The molecule has 4 rings (SSSR count). The first-order chi connectivity index (χ1) is 16.6. The smallest absolute Gasteiger partial charge is 0.354 e. The minimum Gasteiger partial charge on any atom is -0.354 e. The number of sulfonamides is 1. The summed E-state index contributed by atoms with van der Waals surface area (Å²) in [5.41, 5.74) is -1.12. The van der Waals surface area contributed by atoms with Crippen molar-refractivity contribution in [2.75, 3.05) is 19.6 Å². The van der Waals surface area contributed by atoms with Gasteiger partial charge in [0.1, 0.15) is 16.6 Å². The molecule has 1 unspecified atom stereocenters. The second kappa shape index (κ2) is 10.4. The molecule has 1 N–H and O–H groups in total. The van der Waals surface area contributed by atoms with Crippen LogP contribution in [0.25, 0.3) is 6.08 Å². The first kappa shape index (κ1) is 25.2. The number of nitrogens with zero attached hydrogens (tertiary/aromatic N) is 4. The number of carbonyl (C=O) groups is 1. The molecule has 188 valence electrons. The number of alkyl halides is 3. The number of unbranched alkanes of at least 4 members (excludes halogenated alkanes) is 1. The SMILES string of the molecule is O=C(NCCCCC1CCN(S(=O)(=O)c2ccc(C(F)(F)F)nc2)CC1)C1C=c2cnccc2=N1. The summed E-state index contributed by atoms with van der Waals surface area (Å²) < 4.78 is 64.8. The van der Waals surface area contributed by atoms with Gasteiger partial charge in [0.15, 0.2) is 0 Å². The van der Waals surface area contributed by atoms with Gasteiger partial charge in [0.25, 0.3) is 0 Å². The highest BCUT2D eigenvalue weighted by atomic mass is 32.2. The van der Waals surface area contributed by atoms with E-state index < -0.39 is 27.9 Å². The highest BCUT2D eigenvalue weighted by Crippen LogP contribution is 2.30. The number of piperidine rings is 1. The molecule has 4 heterocycles. The van der Waals surface area contributed by atoms with E-state index in [2.05, 4.69) is 20.3 Å². The van der Waals surface area contributed by atoms with Gasteiger partial charge in [-0.25, -0.2) is 8.42 Å². The van der Waals surface area contributed by atoms with Crippen LogP contribution in [0.15, 0.2) is 46.7 Å². The van der Waals surface area contributed by atoms with E-state index in [4.69, 9.17) is 0 Å². The minimum absolute atomic E-state index is 0.141. The van der Waals surface area contributed by atoms with Crippen molar-refractivity contribution in [2.24, 2.45) is 10.9 Å². The number of hydrogen-bond acceptors (Lipinski definition) is 6. The molecule has 0 aromatic carbocycles. The Balaban J connectivity index is 1.16. The van der Waals surface area contributed by atoms with Crippen LogP contribution in [0.1, 0.15) is 37.8 Å². The molecule has 0 spiro atoms. The Labute approximate surface area is 201 Å². The standard InChI is InChI=1S/C23H26F3N5O3S/c24-23(25,26)21-5-4-18(15-29-21)35(33,34)31-11-7-16(8-12-31)3-1-2-9-28-22(32)20-13-17-14-27-10-6-19(17)30-20/h4-6,10,13-16,20H,1-3,7-9,11-12H2,(H,28,32). The Bertz CT molecular complexity index is 1240. The summed E-state index contributed by atoms with van der Waals surface area (Å²) in [7, 11) is -3.87. The summed E-state index contributed by atoms with van der Waals surface area (Å²) in [6.07, 6.45) is 5.26. The number of halogens is 3. The van der Waals surface area contributed by atoms with Gasteiger partial charge >= 0.3 is 6.18 Å². The molecule has 2 aliphatic heterocycles. The molecular formula is C23H26F3N5O3S. The Morgan fingerprint density at radius 1 is 1.11 bits per heavy atom. The van der Waals surface area contributed by atoms with Crippen molar-refractivity contribution in [3.05, 3.63) is 53.1 Å². The highest BCUT2D eigenvalue weighted by molar-refractivity contribution is 7.89. The summed E-state index contributed by atoms with van der Waals surface area (Å²) in [5, 5.41) is 4.53. The van der Waals surface area contributed by atoms with E-state index in [-0.39, 0.29) is 10.8 Å². The number of aromatic nitrogens is 2. The third-order valence-electron chi connectivity index (χ3n) is 6.29. The molecule has 1 fully saturated rings. The zero-order chi connectivity index (χ0) is 25.1. The summed E-state index contributed by atoms with van der Waals surface area (Å²) in [6, 6.07) is 2.89. The normalized spacial score (nSPS) is 19.0. The van der Waals surface area contributed by atoms with E-state index >= 15 is 0 Å². The molecular weight excluding hydrogens is 483 g/mol. The average Bonchev–Trinajstić information content (AvgIpc) is 3.28. The molecule has 8 nitrogen and oxygen atoms in total. The lowest BCUT2D eigenvalue weighted by atomic mass is 9.92. The molecule has 0 radical (unpaired) electrons. The van der Waals surface area contributed by atoms with Crippen LogP contribution in [0.4, 0.5) is 13.2 Å². The number of carbonyl (C=O) groups excluding carboxylic acids is 1. The third-order valence-corrected chi connectivity index (χ3v) is 8.17. The van der Waals surface area contributed by atoms with Gasteiger partial charge < -0.3 is 5.32 Å². The van der Waals surface area contributed by atoms with Crippen molar-refractivity contribution in [3.8, 4) is 0 Å². The van der Waals surface area contributed by atoms with Crippen LogP contribution < -0.4 is 15.9 Å². The molecule has 0 aliphatic carbocycles. The van der Waals surface area contributed by atoms with Crippen LogP contribution in [0, 0.1) is 5.92 Å². The number of rotatable bonds is 8. The maximum atomic E-state index is 12.7. The topological polar surface area (TPSA) is 105 Å². The lowest BCUT2D eigenvalue weighted by Gasteiger charge is -2.31. The lowest BCUT2D eigenvalue weighted by Crippen LogP contribution is -2.38. The number of hydrogen-bond donors (Lipinski definition) is 1. The fraction of sp³-hybridized carbons (Fsp3) is 0.478. The third kappa shape index (κ3) is 6.04.